The second-order valence-corrected chi connectivity index (χ2v) is 5.59. The van der Waals surface area contributed by atoms with Gasteiger partial charge in [-0.05, 0) is 37.9 Å². The minimum absolute atomic E-state index is 0.166. The summed E-state index contributed by atoms with van der Waals surface area (Å²) < 4.78 is 13.1. The van der Waals surface area contributed by atoms with Crippen molar-refractivity contribution in [3.8, 4) is 5.75 Å². The molecule has 0 saturated heterocycles. The quantitative estimate of drug-likeness (QED) is 0.877. The number of nitrogens with two attached hydrogens (primary N) is 1. The number of hydrogen-bond acceptors (Lipinski definition) is 3. The van der Waals surface area contributed by atoms with Crippen molar-refractivity contribution in [3.63, 3.8) is 0 Å². The van der Waals surface area contributed by atoms with Gasteiger partial charge in [0.1, 0.15) is 11.6 Å². The molecule has 116 valence electrons. The maximum absolute atomic E-state index is 13.1. The zero-order valence-corrected chi connectivity index (χ0v) is 12.2. The molecule has 21 heavy (non-hydrogen) atoms. The van der Waals surface area contributed by atoms with Crippen molar-refractivity contribution in [2.45, 2.75) is 44.6 Å². The molecule has 5 heteroatoms. The van der Waals surface area contributed by atoms with Gasteiger partial charge in [0.15, 0.2) is 0 Å². The van der Waals surface area contributed by atoms with Crippen LogP contribution in [0.25, 0.3) is 0 Å². The van der Waals surface area contributed by atoms with Crippen LogP contribution in [0, 0.1) is 5.82 Å². The van der Waals surface area contributed by atoms with Gasteiger partial charge in [0.25, 0.3) is 5.91 Å². The fraction of sp³-hybridized carbons (Fsp3) is 0.562. The first-order valence-corrected chi connectivity index (χ1v) is 7.63. The monoisotopic (exact) mass is 294 g/mol. The first-order chi connectivity index (χ1) is 10.1. The van der Waals surface area contributed by atoms with Crippen molar-refractivity contribution in [2.75, 3.05) is 13.1 Å². The van der Waals surface area contributed by atoms with Gasteiger partial charge in [-0.15, -0.1) is 0 Å². The molecule has 0 radical (unpaired) electrons. The van der Waals surface area contributed by atoms with Gasteiger partial charge in [0.2, 0.25) is 0 Å². The minimum Gasteiger partial charge on any atom is -0.507 e. The van der Waals surface area contributed by atoms with Crippen LogP contribution in [0.4, 0.5) is 4.39 Å². The standard InChI is InChI=1S/C16H23FN2O2/c17-12-7-8-14(15(20)11-12)16(21)19(10-4-9-18)13-5-2-1-3-6-13/h7-8,11,13,20H,1-6,9-10,18H2. The number of carbonyl (C=O) groups excluding carboxylic acids is 1. The smallest absolute Gasteiger partial charge is 0.257 e. The van der Waals surface area contributed by atoms with Crippen molar-refractivity contribution < 1.29 is 14.3 Å². The van der Waals surface area contributed by atoms with E-state index in [-0.39, 0.29) is 23.3 Å². The van der Waals surface area contributed by atoms with E-state index in [2.05, 4.69) is 0 Å². The van der Waals surface area contributed by atoms with Crippen LogP contribution >= 0.6 is 0 Å². The summed E-state index contributed by atoms with van der Waals surface area (Å²) in [6.07, 6.45) is 6.14. The lowest BCUT2D eigenvalue weighted by Crippen LogP contribution is -2.42. The maximum atomic E-state index is 13.1. The highest BCUT2D eigenvalue weighted by atomic mass is 19.1. The number of nitrogens with zero attached hydrogens (tertiary/aromatic N) is 1. The third-order valence-corrected chi connectivity index (χ3v) is 4.07. The van der Waals surface area contributed by atoms with Crippen molar-refractivity contribution in [3.05, 3.63) is 29.6 Å². The Labute approximate surface area is 124 Å². The summed E-state index contributed by atoms with van der Waals surface area (Å²) >= 11 is 0. The average Bonchev–Trinajstić information content (AvgIpc) is 2.48. The number of halogens is 1. The maximum Gasteiger partial charge on any atom is 0.257 e. The third kappa shape index (κ3) is 3.94. The fourth-order valence-corrected chi connectivity index (χ4v) is 2.94. The molecular formula is C16H23FN2O2. The van der Waals surface area contributed by atoms with Gasteiger partial charge >= 0.3 is 0 Å². The van der Waals surface area contributed by atoms with Crippen LogP contribution in [0.5, 0.6) is 5.75 Å². The Kier molecular flexibility index (Phi) is 5.56. The number of aromatic hydroxyl groups is 1. The van der Waals surface area contributed by atoms with E-state index < -0.39 is 5.82 Å². The molecule has 1 aliphatic rings. The Morgan fingerprint density at radius 2 is 2.05 bits per heavy atom. The number of benzene rings is 1. The van der Waals surface area contributed by atoms with E-state index >= 15 is 0 Å². The molecule has 2 rings (SSSR count). The van der Waals surface area contributed by atoms with E-state index in [1.165, 1.54) is 18.6 Å². The van der Waals surface area contributed by atoms with Crippen LogP contribution in [0.15, 0.2) is 18.2 Å². The van der Waals surface area contributed by atoms with Gasteiger partial charge < -0.3 is 15.7 Å². The highest BCUT2D eigenvalue weighted by Gasteiger charge is 2.27. The van der Waals surface area contributed by atoms with Crippen molar-refractivity contribution in [1.82, 2.24) is 4.90 Å². The molecule has 4 nitrogen and oxygen atoms in total. The third-order valence-electron chi connectivity index (χ3n) is 4.07. The molecule has 3 N–H and O–H groups in total. The molecule has 1 aromatic carbocycles. The number of hydrogen-bond donors (Lipinski definition) is 2. The van der Waals surface area contributed by atoms with Gasteiger partial charge in [-0.3, -0.25) is 4.79 Å². The van der Waals surface area contributed by atoms with Crippen molar-refractivity contribution >= 4 is 5.91 Å². The summed E-state index contributed by atoms with van der Waals surface area (Å²) in [5.41, 5.74) is 5.72. The fourth-order valence-electron chi connectivity index (χ4n) is 2.94. The van der Waals surface area contributed by atoms with E-state index in [0.717, 1.165) is 38.2 Å². The summed E-state index contributed by atoms with van der Waals surface area (Å²) in [7, 11) is 0. The van der Waals surface area contributed by atoms with Crippen LogP contribution < -0.4 is 5.73 Å². The number of rotatable bonds is 5. The topological polar surface area (TPSA) is 66.6 Å². The highest BCUT2D eigenvalue weighted by Crippen LogP contribution is 2.27. The normalized spacial score (nSPS) is 15.9. The average molecular weight is 294 g/mol. The van der Waals surface area contributed by atoms with Crippen LogP contribution in [-0.2, 0) is 0 Å². The molecule has 0 bridgehead atoms. The van der Waals surface area contributed by atoms with E-state index in [4.69, 9.17) is 5.73 Å². The Balaban J connectivity index is 2.19. The first kappa shape index (κ1) is 15.8. The van der Waals surface area contributed by atoms with Crippen molar-refractivity contribution in [2.24, 2.45) is 5.73 Å². The molecule has 0 spiro atoms. The largest absolute Gasteiger partial charge is 0.507 e. The molecule has 0 heterocycles. The summed E-state index contributed by atoms with van der Waals surface area (Å²) in [6.45, 7) is 1.10. The highest BCUT2D eigenvalue weighted by molar-refractivity contribution is 5.97. The van der Waals surface area contributed by atoms with Gasteiger partial charge in [-0.2, -0.15) is 0 Å². The van der Waals surface area contributed by atoms with Gasteiger partial charge in [0, 0.05) is 18.7 Å². The second-order valence-electron chi connectivity index (χ2n) is 5.59. The van der Waals surface area contributed by atoms with Gasteiger partial charge in [0.05, 0.1) is 5.56 Å². The Morgan fingerprint density at radius 1 is 1.33 bits per heavy atom. The molecule has 1 aromatic rings. The molecule has 0 aromatic heterocycles. The Morgan fingerprint density at radius 3 is 2.67 bits per heavy atom. The summed E-state index contributed by atoms with van der Waals surface area (Å²) in [4.78, 5) is 14.5. The van der Waals surface area contributed by atoms with Crippen LogP contribution in [-0.4, -0.2) is 35.0 Å². The lowest BCUT2D eigenvalue weighted by molar-refractivity contribution is 0.0629. The number of phenols is 1. The molecule has 1 fully saturated rings. The van der Waals surface area contributed by atoms with Crippen LogP contribution in [0.3, 0.4) is 0 Å². The van der Waals surface area contributed by atoms with Crippen LogP contribution in [0.1, 0.15) is 48.9 Å². The SMILES string of the molecule is NCCCN(C(=O)c1ccc(F)cc1O)C1CCCCC1. The Hall–Kier alpha value is -1.62. The lowest BCUT2D eigenvalue weighted by Gasteiger charge is -2.34. The second kappa shape index (κ2) is 7.41. The zero-order valence-electron chi connectivity index (χ0n) is 12.2. The van der Waals surface area contributed by atoms with Crippen LogP contribution in [0.2, 0.25) is 0 Å². The van der Waals surface area contributed by atoms with Crippen molar-refractivity contribution in [1.29, 1.82) is 0 Å². The summed E-state index contributed by atoms with van der Waals surface area (Å²) in [6, 6.07) is 3.73. The zero-order chi connectivity index (χ0) is 15.2. The van der Waals surface area contributed by atoms with E-state index in [1.807, 2.05) is 0 Å². The Bertz CT molecular complexity index is 487. The van der Waals surface area contributed by atoms with E-state index in [9.17, 15) is 14.3 Å². The number of phenolic OH excluding ortho intramolecular Hbond substituents is 1. The molecule has 1 aliphatic carbocycles. The van der Waals surface area contributed by atoms with Gasteiger partial charge in [-0.1, -0.05) is 19.3 Å². The van der Waals surface area contributed by atoms with E-state index in [0.29, 0.717) is 13.1 Å². The molecule has 0 atom stereocenters. The summed E-state index contributed by atoms with van der Waals surface area (Å²) in [5.74, 6) is -1.07. The predicted octanol–water partition coefficient (Wildman–Crippen LogP) is 2.66. The number of carbonyl (C=O) groups is 1. The minimum atomic E-state index is -0.546. The van der Waals surface area contributed by atoms with Gasteiger partial charge in [-0.25, -0.2) is 4.39 Å². The molecule has 1 amide bonds. The molecular weight excluding hydrogens is 271 g/mol. The van der Waals surface area contributed by atoms with E-state index in [1.54, 1.807) is 4.90 Å². The first-order valence-electron chi connectivity index (χ1n) is 7.63. The summed E-state index contributed by atoms with van der Waals surface area (Å²) in [5, 5.41) is 9.82. The molecule has 0 aliphatic heterocycles. The molecule has 0 unspecified atom stereocenters. The molecule has 1 saturated carbocycles. The predicted molar refractivity (Wildman–Crippen MR) is 79.6 cm³/mol. The lowest BCUT2D eigenvalue weighted by atomic mass is 9.93. The number of amides is 1.